The lowest BCUT2D eigenvalue weighted by molar-refractivity contribution is -0.0768. The van der Waals surface area contributed by atoms with Gasteiger partial charge in [0.25, 0.3) is 0 Å². The van der Waals surface area contributed by atoms with Crippen LogP contribution in [0.2, 0.25) is 0 Å². The van der Waals surface area contributed by atoms with Crippen molar-refractivity contribution in [3.8, 4) is 0 Å². The molecule has 4 aromatic rings. The summed E-state index contributed by atoms with van der Waals surface area (Å²) in [5.74, 6) is -0.879. The molecular formula is C37H38O4. The van der Waals surface area contributed by atoms with Gasteiger partial charge in [0.05, 0.1) is 16.5 Å². The van der Waals surface area contributed by atoms with Crippen LogP contribution < -0.4 is 0 Å². The predicted octanol–water partition coefficient (Wildman–Crippen LogP) is 8.29. The Hall–Kier alpha value is -4.18. The van der Waals surface area contributed by atoms with Gasteiger partial charge in [-0.1, -0.05) is 106 Å². The minimum absolute atomic E-state index is 0.0927. The molecule has 0 bridgehead atoms. The Morgan fingerprint density at radius 3 is 1.76 bits per heavy atom. The van der Waals surface area contributed by atoms with Gasteiger partial charge in [0, 0.05) is 5.92 Å². The van der Waals surface area contributed by atoms with Gasteiger partial charge >= 0.3 is 11.9 Å². The van der Waals surface area contributed by atoms with Crippen LogP contribution in [0, 0.1) is 12.8 Å². The summed E-state index contributed by atoms with van der Waals surface area (Å²) >= 11 is 0. The molecule has 5 atom stereocenters. The van der Waals surface area contributed by atoms with E-state index in [4.69, 9.17) is 9.47 Å². The lowest BCUT2D eigenvalue weighted by Crippen LogP contribution is -2.52. The zero-order valence-electron chi connectivity index (χ0n) is 24.2. The highest BCUT2D eigenvalue weighted by Crippen LogP contribution is 2.52. The van der Waals surface area contributed by atoms with Gasteiger partial charge in [0.1, 0.15) is 6.10 Å². The van der Waals surface area contributed by atoms with E-state index < -0.39 is 29.6 Å². The first kappa shape index (κ1) is 28.4. The third-order valence-corrected chi connectivity index (χ3v) is 8.90. The van der Waals surface area contributed by atoms with Crippen LogP contribution in [0.15, 0.2) is 109 Å². The van der Waals surface area contributed by atoms with Crippen molar-refractivity contribution in [2.75, 3.05) is 0 Å². The molecule has 1 aliphatic rings. The molecule has 0 fully saturated rings. The van der Waals surface area contributed by atoms with Crippen molar-refractivity contribution in [2.24, 2.45) is 5.92 Å². The first-order valence-electron chi connectivity index (χ1n) is 14.6. The summed E-state index contributed by atoms with van der Waals surface area (Å²) in [5.41, 5.74) is 4.69. The molecule has 0 saturated carbocycles. The van der Waals surface area contributed by atoms with Gasteiger partial charge in [-0.15, -0.1) is 0 Å². The number of carbonyl (C=O) groups is 2. The highest BCUT2D eigenvalue weighted by Gasteiger charge is 2.55. The lowest BCUT2D eigenvalue weighted by Gasteiger charge is -2.44. The Morgan fingerprint density at radius 1 is 0.683 bits per heavy atom. The Bertz CT molecular complexity index is 1500. The molecule has 0 heterocycles. The van der Waals surface area contributed by atoms with E-state index in [1.807, 2.05) is 48.5 Å². The Labute approximate surface area is 243 Å². The second kappa shape index (κ2) is 12.1. The first-order valence-corrected chi connectivity index (χ1v) is 14.6. The number of esters is 2. The summed E-state index contributed by atoms with van der Waals surface area (Å²) in [7, 11) is 0. The van der Waals surface area contributed by atoms with Crippen molar-refractivity contribution in [3.05, 3.63) is 143 Å². The van der Waals surface area contributed by atoms with Crippen LogP contribution in [0.5, 0.6) is 0 Å². The molecule has 0 spiro atoms. The van der Waals surface area contributed by atoms with Crippen LogP contribution in [0.1, 0.15) is 82.5 Å². The SMILES string of the molecule is CCC1c2ccccc2C(CC)(c2ccccc2C)C(OC(=O)c2ccccc2)C(OC(=O)c2ccccc2)[C@H]1C. The van der Waals surface area contributed by atoms with Crippen molar-refractivity contribution in [1.82, 2.24) is 0 Å². The van der Waals surface area contributed by atoms with E-state index in [9.17, 15) is 9.59 Å². The van der Waals surface area contributed by atoms with Crippen LogP contribution in [0.3, 0.4) is 0 Å². The molecule has 210 valence electrons. The molecule has 4 heteroatoms. The molecule has 0 aliphatic heterocycles. The van der Waals surface area contributed by atoms with Gasteiger partial charge in [0.15, 0.2) is 6.10 Å². The number of benzene rings is 4. The molecule has 4 aromatic carbocycles. The van der Waals surface area contributed by atoms with Gasteiger partial charge in [-0.25, -0.2) is 9.59 Å². The van der Waals surface area contributed by atoms with Crippen molar-refractivity contribution >= 4 is 11.9 Å². The molecule has 0 N–H and O–H groups in total. The number of carbonyl (C=O) groups excluding carboxylic acids is 2. The maximum atomic E-state index is 13.9. The number of ether oxygens (including phenoxy) is 2. The second-order valence-electron chi connectivity index (χ2n) is 11.0. The van der Waals surface area contributed by atoms with Gasteiger partial charge < -0.3 is 9.47 Å². The maximum Gasteiger partial charge on any atom is 0.338 e. The smallest absolute Gasteiger partial charge is 0.338 e. The third kappa shape index (κ3) is 5.19. The van der Waals surface area contributed by atoms with Crippen LogP contribution in [0.4, 0.5) is 0 Å². The predicted molar refractivity (Wildman–Crippen MR) is 162 cm³/mol. The van der Waals surface area contributed by atoms with Crippen LogP contribution in [0.25, 0.3) is 0 Å². The van der Waals surface area contributed by atoms with Crippen LogP contribution in [-0.2, 0) is 14.9 Å². The van der Waals surface area contributed by atoms with E-state index in [1.165, 1.54) is 5.56 Å². The average molecular weight is 547 g/mol. The fourth-order valence-electron chi connectivity index (χ4n) is 6.85. The van der Waals surface area contributed by atoms with E-state index in [-0.39, 0.29) is 11.8 Å². The number of hydrogen-bond donors (Lipinski definition) is 0. The standard InChI is InChI=1S/C37H38O4/c1-5-29-26(4)33(40-35(38)27-18-9-7-10-19-27)34(41-36(39)28-20-11-8-12-21-28)37(6-2,31-23-15-13-17-25(31)3)32-24-16-14-22-30(29)32/h7-24,26,29,33-34H,5-6H2,1-4H3/t26-,29?,33?,34?,37?/m0/s1. The molecule has 0 radical (unpaired) electrons. The van der Waals surface area contributed by atoms with E-state index in [0.717, 1.165) is 23.1 Å². The van der Waals surface area contributed by atoms with E-state index in [0.29, 0.717) is 17.5 Å². The zero-order valence-corrected chi connectivity index (χ0v) is 24.2. The number of rotatable bonds is 7. The van der Waals surface area contributed by atoms with Crippen molar-refractivity contribution in [3.63, 3.8) is 0 Å². The molecule has 4 nitrogen and oxygen atoms in total. The Balaban J connectivity index is 1.77. The largest absolute Gasteiger partial charge is 0.454 e. The van der Waals surface area contributed by atoms with Crippen LogP contribution >= 0.6 is 0 Å². The maximum absolute atomic E-state index is 13.9. The summed E-state index contributed by atoms with van der Waals surface area (Å²) in [4.78, 5) is 27.5. The van der Waals surface area contributed by atoms with Gasteiger partial charge in [0.2, 0.25) is 0 Å². The Morgan fingerprint density at radius 2 is 1.20 bits per heavy atom. The summed E-state index contributed by atoms with van der Waals surface area (Å²) in [6, 6.07) is 34.9. The number of hydrogen-bond acceptors (Lipinski definition) is 4. The lowest BCUT2D eigenvalue weighted by atomic mass is 9.65. The second-order valence-corrected chi connectivity index (χ2v) is 11.0. The number of fused-ring (bicyclic) bond motifs is 1. The number of aryl methyl sites for hydroxylation is 1. The molecule has 41 heavy (non-hydrogen) atoms. The normalized spacial score (nSPS) is 23.6. The van der Waals surface area contributed by atoms with Gasteiger partial charge in [-0.05, 0) is 72.2 Å². The molecule has 4 unspecified atom stereocenters. The fourth-order valence-corrected chi connectivity index (χ4v) is 6.85. The summed E-state index contributed by atoms with van der Waals surface area (Å²) in [6.45, 7) is 8.54. The highest BCUT2D eigenvalue weighted by atomic mass is 16.6. The topological polar surface area (TPSA) is 52.6 Å². The molecular weight excluding hydrogens is 508 g/mol. The average Bonchev–Trinajstić information content (AvgIpc) is 3.09. The zero-order chi connectivity index (χ0) is 29.0. The van der Waals surface area contributed by atoms with Crippen LogP contribution in [-0.4, -0.2) is 24.1 Å². The summed E-state index contributed by atoms with van der Waals surface area (Å²) < 4.78 is 13.1. The summed E-state index contributed by atoms with van der Waals surface area (Å²) in [6.07, 6.45) is 0.0168. The molecule has 5 rings (SSSR count). The monoisotopic (exact) mass is 546 g/mol. The minimum atomic E-state index is -0.776. The Kier molecular flexibility index (Phi) is 8.39. The van der Waals surface area contributed by atoms with Gasteiger partial charge in [-0.3, -0.25) is 0 Å². The third-order valence-electron chi connectivity index (χ3n) is 8.90. The van der Waals surface area contributed by atoms with Crippen molar-refractivity contribution in [2.45, 2.75) is 64.1 Å². The highest BCUT2D eigenvalue weighted by molar-refractivity contribution is 5.90. The van der Waals surface area contributed by atoms with E-state index in [1.54, 1.807) is 24.3 Å². The molecule has 0 amide bonds. The van der Waals surface area contributed by atoms with Crippen molar-refractivity contribution < 1.29 is 19.1 Å². The quantitative estimate of drug-likeness (QED) is 0.173. The van der Waals surface area contributed by atoms with Crippen molar-refractivity contribution in [1.29, 1.82) is 0 Å². The van der Waals surface area contributed by atoms with Gasteiger partial charge in [-0.2, -0.15) is 0 Å². The molecule has 1 aliphatic carbocycles. The molecule has 0 saturated heterocycles. The minimum Gasteiger partial charge on any atom is -0.454 e. The van der Waals surface area contributed by atoms with E-state index >= 15 is 0 Å². The fraction of sp³-hybridized carbons (Fsp3) is 0.297. The summed E-state index contributed by atoms with van der Waals surface area (Å²) in [5, 5.41) is 0. The molecule has 0 aromatic heterocycles. The first-order chi connectivity index (χ1) is 19.9. The van der Waals surface area contributed by atoms with E-state index in [2.05, 4.69) is 64.1 Å².